The molecule has 0 saturated heterocycles. The van der Waals surface area contributed by atoms with Crippen molar-refractivity contribution in [1.29, 1.82) is 0 Å². The SMILES string of the molecule is CN(Cc1ccsc1)C(=O)NCCOCC(=O)O. The van der Waals surface area contributed by atoms with Crippen LogP contribution in [0.15, 0.2) is 16.8 Å². The Kier molecular flexibility index (Phi) is 6.16. The van der Waals surface area contributed by atoms with Crippen LogP contribution in [-0.2, 0) is 16.1 Å². The summed E-state index contributed by atoms with van der Waals surface area (Å²) in [5.74, 6) is -1.02. The summed E-state index contributed by atoms with van der Waals surface area (Å²) in [7, 11) is 1.70. The third-order valence-corrected chi connectivity index (χ3v) is 2.83. The van der Waals surface area contributed by atoms with E-state index in [0.29, 0.717) is 13.1 Å². The standard InChI is InChI=1S/C11H16N2O4S/c1-13(6-9-2-5-18-8-9)11(16)12-3-4-17-7-10(14)15/h2,5,8H,3-4,6-7H2,1H3,(H,12,16)(H,14,15). The van der Waals surface area contributed by atoms with Crippen molar-refractivity contribution < 1.29 is 19.4 Å². The van der Waals surface area contributed by atoms with Gasteiger partial charge in [0.1, 0.15) is 6.61 Å². The summed E-state index contributed by atoms with van der Waals surface area (Å²) >= 11 is 1.59. The van der Waals surface area contributed by atoms with Crippen LogP contribution in [0.4, 0.5) is 4.79 Å². The van der Waals surface area contributed by atoms with Gasteiger partial charge in [0.05, 0.1) is 6.61 Å². The maximum Gasteiger partial charge on any atom is 0.329 e. The minimum absolute atomic E-state index is 0.185. The number of nitrogens with zero attached hydrogens (tertiary/aromatic N) is 1. The molecule has 2 amide bonds. The molecule has 0 fully saturated rings. The number of hydrogen-bond donors (Lipinski definition) is 2. The van der Waals surface area contributed by atoms with E-state index in [2.05, 4.69) is 5.32 Å². The number of carbonyl (C=O) groups excluding carboxylic acids is 1. The largest absolute Gasteiger partial charge is 0.480 e. The lowest BCUT2D eigenvalue weighted by atomic mass is 10.3. The van der Waals surface area contributed by atoms with Gasteiger partial charge >= 0.3 is 12.0 Å². The molecule has 1 heterocycles. The number of nitrogens with one attached hydrogen (secondary N) is 1. The van der Waals surface area contributed by atoms with Gasteiger partial charge in [-0.25, -0.2) is 9.59 Å². The molecule has 7 heteroatoms. The van der Waals surface area contributed by atoms with Crippen molar-refractivity contribution in [2.45, 2.75) is 6.54 Å². The van der Waals surface area contributed by atoms with Gasteiger partial charge in [0.2, 0.25) is 0 Å². The van der Waals surface area contributed by atoms with Gasteiger partial charge in [-0.2, -0.15) is 11.3 Å². The Balaban J connectivity index is 2.14. The Labute approximate surface area is 109 Å². The molecule has 0 spiro atoms. The molecule has 1 aromatic rings. The Morgan fingerprint density at radius 3 is 2.94 bits per heavy atom. The van der Waals surface area contributed by atoms with Gasteiger partial charge in [0.25, 0.3) is 0 Å². The summed E-state index contributed by atoms with van der Waals surface area (Å²) in [6.07, 6.45) is 0. The zero-order valence-corrected chi connectivity index (χ0v) is 10.9. The fraction of sp³-hybridized carbons (Fsp3) is 0.455. The highest BCUT2D eigenvalue weighted by Crippen LogP contribution is 2.08. The van der Waals surface area contributed by atoms with E-state index in [0.717, 1.165) is 5.56 Å². The number of aliphatic carboxylic acids is 1. The van der Waals surface area contributed by atoms with Crippen LogP contribution < -0.4 is 5.32 Å². The summed E-state index contributed by atoms with van der Waals surface area (Å²) in [5, 5.41) is 14.9. The number of carboxylic acids is 1. The van der Waals surface area contributed by atoms with Gasteiger partial charge < -0.3 is 20.1 Å². The minimum atomic E-state index is -1.02. The van der Waals surface area contributed by atoms with E-state index in [1.807, 2.05) is 16.8 Å². The van der Waals surface area contributed by atoms with Crippen LogP contribution in [0.5, 0.6) is 0 Å². The van der Waals surface area contributed by atoms with E-state index >= 15 is 0 Å². The average molecular weight is 272 g/mol. The normalized spacial score (nSPS) is 10.1. The molecule has 0 unspecified atom stereocenters. The number of rotatable bonds is 7. The number of carbonyl (C=O) groups is 2. The fourth-order valence-corrected chi connectivity index (χ4v) is 1.91. The second-order valence-corrected chi connectivity index (χ2v) is 4.45. The molecule has 0 bridgehead atoms. The zero-order chi connectivity index (χ0) is 13.4. The lowest BCUT2D eigenvalue weighted by Gasteiger charge is -2.17. The Hall–Kier alpha value is -1.60. The Morgan fingerprint density at radius 1 is 1.56 bits per heavy atom. The summed E-state index contributed by atoms with van der Waals surface area (Å²) in [6, 6.07) is 1.75. The average Bonchev–Trinajstić information content (AvgIpc) is 2.80. The van der Waals surface area contributed by atoms with Crippen molar-refractivity contribution in [3.8, 4) is 0 Å². The van der Waals surface area contributed by atoms with Crippen molar-refractivity contribution in [1.82, 2.24) is 10.2 Å². The number of carboxylic acid groups (broad SMARTS) is 1. The molecule has 18 heavy (non-hydrogen) atoms. The molecule has 0 radical (unpaired) electrons. The molecule has 0 atom stereocenters. The highest BCUT2D eigenvalue weighted by atomic mass is 32.1. The van der Waals surface area contributed by atoms with E-state index < -0.39 is 5.97 Å². The third-order valence-electron chi connectivity index (χ3n) is 2.09. The third kappa shape index (κ3) is 5.65. The first-order valence-electron chi connectivity index (χ1n) is 5.39. The number of amides is 2. The lowest BCUT2D eigenvalue weighted by molar-refractivity contribution is -0.142. The predicted octanol–water partition coefficient (Wildman–Crippen LogP) is 0.991. The molecule has 1 aromatic heterocycles. The molecule has 0 saturated carbocycles. The van der Waals surface area contributed by atoms with Crippen molar-refractivity contribution >= 4 is 23.3 Å². The summed E-state index contributed by atoms with van der Waals surface area (Å²) in [5.41, 5.74) is 1.08. The second-order valence-electron chi connectivity index (χ2n) is 3.67. The molecular formula is C11H16N2O4S. The van der Waals surface area contributed by atoms with Crippen LogP contribution in [0.25, 0.3) is 0 Å². The van der Waals surface area contributed by atoms with Crippen LogP contribution in [0.3, 0.4) is 0 Å². The first kappa shape index (κ1) is 14.5. The molecule has 6 nitrogen and oxygen atoms in total. The summed E-state index contributed by atoms with van der Waals surface area (Å²) in [6.45, 7) is 0.677. The number of thiophene rings is 1. The van der Waals surface area contributed by atoms with Crippen molar-refractivity contribution in [3.63, 3.8) is 0 Å². The first-order chi connectivity index (χ1) is 8.59. The van der Waals surface area contributed by atoms with E-state index in [-0.39, 0.29) is 19.2 Å². The van der Waals surface area contributed by atoms with Crippen LogP contribution in [-0.4, -0.2) is 48.8 Å². The molecule has 0 aromatic carbocycles. The minimum Gasteiger partial charge on any atom is -0.480 e. The van der Waals surface area contributed by atoms with Crippen LogP contribution in [0.1, 0.15) is 5.56 Å². The van der Waals surface area contributed by atoms with Gasteiger partial charge in [-0.15, -0.1) is 0 Å². The van der Waals surface area contributed by atoms with Crippen LogP contribution in [0.2, 0.25) is 0 Å². The molecule has 1 rings (SSSR count). The fourth-order valence-electron chi connectivity index (χ4n) is 1.25. The van der Waals surface area contributed by atoms with E-state index in [4.69, 9.17) is 9.84 Å². The topological polar surface area (TPSA) is 78.9 Å². The Bertz CT molecular complexity index is 380. The van der Waals surface area contributed by atoms with E-state index in [9.17, 15) is 9.59 Å². The van der Waals surface area contributed by atoms with E-state index in [1.165, 1.54) is 0 Å². The molecular weight excluding hydrogens is 256 g/mol. The zero-order valence-electron chi connectivity index (χ0n) is 10.1. The van der Waals surface area contributed by atoms with E-state index in [1.54, 1.807) is 23.3 Å². The number of ether oxygens (including phenoxy) is 1. The maximum absolute atomic E-state index is 11.6. The highest BCUT2D eigenvalue weighted by Gasteiger charge is 2.08. The molecule has 0 aliphatic heterocycles. The molecule has 100 valence electrons. The van der Waals surface area contributed by atoms with Crippen LogP contribution >= 0.6 is 11.3 Å². The number of hydrogen-bond acceptors (Lipinski definition) is 4. The molecule has 0 aliphatic rings. The van der Waals surface area contributed by atoms with Gasteiger partial charge in [0, 0.05) is 20.1 Å². The number of urea groups is 1. The van der Waals surface area contributed by atoms with Gasteiger partial charge in [-0.3, -0.25) is 0 Å². The summed E-state index contributed by atoms with van der Waals surface area (Å²) in [4.78, 5) is 23.3. The predicted molar refractivity (Wildman–Crippen MR) is 67.6 cm³/mol. The molecule has 0 aliphatic carbocycles. The van der Waals surface area contributed by atoms with Crippen LogP contribution in [0, 0.1) is 0 Å². The van der Waals surface area contributed by atoms with Gasteiger partial charge in [-0.1, -0.05) is 0 Å². The van der Waals surface area contributed by atoms with Crippen molar-refractivity contribution in [2.75, 3.05) is 26.8 Å². The molecule has 2 N–H and O–H groups in total. The maximum atomic E-state index is 11.6. The Morgan fingerprint density at radius 2 is 2.33 bits per heavy atom. The quantitative estimate of drug-likeness (QED) is 0.726. The smallest absolute Gasteiger partial charge is 0.329 e. The van der Waals surface area contributed by atoms with Crippen molar-refractivity contribution in [2.24, 2.45) is 0 Å². The second kappa shape index (κ2) is 7.67. The highest BCUT2D eigenvalue weighted by molar-refractivity contribution is 7.07. The monoisotopic (exact) mass is 272 g/mol. The first-order valence-corrected chi connectivity index (χ1v) is 6.33. The van der Waals surface area contributed by atoms with Gasteiger partial charge in [-0.05, 0) is 22.4 Å². The lowest BCUT2D eigenvalue weighted by Crippen LogP contribution is -2.38. The van der Waals surface area contributed by atoms with Crippen molar-refractivity contribution in [3.05, 3.63) is 22.4 Å². The summed E-state index contributed by atoms with van der Waals surface area (Å²) < 4.78 is 4.80. The van der Waals surface area contributed by atoms with Gasteiger partial charge in [0.15, 0.2) is 0 Å².